The molecule has 0 aliphatic rings. The summed E-state index contributed by atoms with van der Waals surface area (Å²) in [5, 5.41) is 5.98. The molecule has 0 fully saturated rings. The minimum Gasteiger partial charge on any atom is -0.469 e. The van der Waals surface area contributed by atoms with E-state index in [1.807, 2.05) is 6.92 Å². The zero-order valence-electron chi connectivity index (χ0n) is 10.9. The van der Waals surface area contributed by atoms with Crippen LogP contribution < -0.4 is 10.6 Å². The van der Waals surface area contributed by atoms with Gasteiger partial charge in [-0.3, -0.25) is 4.79 Å². The fourth-order valence-electron chi connectivity index (χ4n) is 1.47. The fourth-order valence-corrected chi connectivity index (χ4v) is 1.59. The number of hydrogen-bond acceptors (Lipinski definition) is 3. The summed E-state index contributed by atoms with van der Waals surface area (Å²) in [6.45, 7) is 1.89. The van der Waals surface area contributed by atoms with Crippen molar-refractivity contribution in [2.45, 2.75) is 25.8 Å². The number of rotatable bonds is 5. The number of halogens is 1. The Morgan fingerprint density at radius 1 is 1.32 bits per heavy atom. The smallest absolute Gasteiger partial charge is 0.319 e. The van der Waals surface area contributed by atoms with Crippen LogP contribution in [0.3, 0.4) is 0 Å². The highest BCUT2D eigenvalue weighted by Gasteiger charge is 2.14. The third-order valence-electron chi connectivity index (χ3n) is 2.57. The zero-order valence-corrected chi connectivity index (χ0v) is 11.7. The Labute approximate surface area is 117 Å². The van der Waals surface area contributed by atoms with Crippen LogP contribution in [0.25, 0.3) is 0 Å². The van der Waals surface area contributed by atoms with Gasteiger partial charge in [0.05, 0.1) is 13.5 Å². The number of amides is 2. The van der Waals surface area contributed by atoms with Crippen molar-refractivity contribution in [2.24, 2.45) is 0 Å². The lowest BCUT2D eigenvalue weighted by Gasteiger charge is -2.16. The molecule has 0 aromatic heterocycles. The molecule has 0 saturated heterocycles. The van der Waals surface area contributed by atoms with Gasteiger partial charge in [0, 0.05) is 16.8 Å². The Balaban J connectivity index is 2.49. The number of hydrogen-bond donors (Lipinski definition) is 2. The number of nitrogens with one attached hydrogen (secondary N) is 2. The molecule has 2 amide bonds. The zero-order chi connectivity index (χ0) is 14.3. The maximum Gasteiger partial charge on any atom is 0.319 e. The molecule has 1 rings (SSSR count). The Bertz CT molecular complexity index is 434. The van der Waals surface area contributed by atoms with E-state index < -0.39 is 0 Å². The van der Waals surface area contributed by atoms with E-state index in [2.05, 4.69) is 15.4 Å². The number of ether oxygens (including phenoxy) is 1. The van der Waals surface area contributed by atoms with Crippen LogP contribution in [0.4, 0.5) is 10.5 Å². The van der Waals surface area contributed by atoms with Crippen molar-refractivity contribution >= 4 is 29.3 Å². The monoisotopic (exact) mass is 284 g/mol. The standard InChI is InChI=1S/C13H17ClN2O3/c1-3-10(8-12(17)19-2)15-13(18)16-11-6-4-9(14)5-7-11/h4-7,10H,3,8H2,1-2H3,(H2,15,16,18). The van der Waals surface area contributed by atoms with Crippen LogP contribution in [0, 0.1) is 0 Å². The number of urea groups is 1. The summed E-state index contributed by atoms with van der Waals surface area (Å²) in [5.41, 5.74) is 0.634. The maximum atomic E-state index is 11.7. The van der Waals surface area contributed by atoms with Crippen molar-refractivity contribution in [3.05, 3.63) is 29.3 Å². The molecule has 1 aromatic rings. The third-order valence-corrected chi connectivity index (χ3v) is 2.82. The second kappa shape index (κ2) is 7.63. The lowest BCUT2D eigenvalue weighted by Crippen LogP contribution is -2.39. The molecule has 0 heterocycles. The highest BCUT2D eigenvalue weighted by molar-refractivity contribution is 6.30. The minimum atomic E-state index is -0.363. The molecule has 0 radical (unpaired) electrons. The summed E-state index contributed by atoms with van der Waals surface area (Å²) < 4.78 is 4.57. The van der Waals surface area contributed by atoms with Crippen LogP contribution in [0.5, 0.6) is 0 Å². The van der Waals surface area contributed by atoms with E-state index in [4.69, 9.17) is 11.6 Å². The highest BCUT2D eigenvalue weighted by atomic mass is 35.5. The molecule has 1 aromatic carbocycles. The van der Waals surface area contributed by atoms with Crippen LogP contribution in [-0.4, -0.2) is 25.2 Å². The van der Waals surface area contributed by atoms with Crippen molar-refractivity contribution in [1.29, 1.82) is 0 Å². The Morgan fingerprint density at radius 3 is 2.47 bits per heavy atom. The van der Waals surface area contributed by atoms with Gasteiger partial charge in [0.1, 0.15) is 0 Å². The van der Waals surface area contributed by atoms with Crippen LogP contribution >= 0.6 is 11.6 Å². The summed E-state index contributed by atoms with van der Waals surface area (Å²) in [7, 11) is 1.32. The predicted molar refractivity (Wildman–Crippen MR) is 74.3 cm³/mol. The topological polar surface area (TPSA) is 67.4 Å². The van der Waals surface area contributed by atoms with Crippen LogP contribution in [-0.2, 0) is 9.53 Å². The molecule has 0 aliphatic heterocycles. The first-order valence-electron chi connectivity index (χ1n) is 5.95. The average Bonchev–Trinajstić information content (AvgIpc) is 2.40. The number of carbonyl (C=O) groups excluding carboxylic acids is 2. The number of methoxy groups -OCH3 is 1. The maximum absolute atomic E-state index is 11.7. The Kier molecular flexibility index (Phi) is 6.15. The van der Waals surface area contributed by atoms with Crippen molar-refractivity contribution in [1.82, 2.24) is 5.32 Å². The fraction of sp³-hybridized carbons (Fsp3) is 0.385. The van der Waals surface area contributed by atoms with Crippen molar-refractivity contribution in [2.75, 3.05) is 12.4 Å². The van der Waals surface area contributed by atoms with Gasteiger partial charge >= 0.3 is 12.0 Å². The number of benzene rings is 1. The second-order valence-electron chi connectivity index (χ2n) is 3.99. The van der Waals surface area contributed by atoms with E-state index in [0.717, 1.165) is 0 Å². The van der Waals surface area contributed by atoms with Gasteiger partial charge in [-0.25, -0.2) is 4.79 Å². The van der Waals surface area contributed by atoms with E-state index in [1.54, 1.807) is 24.3 Å². The molecule has 2 N–H and O–H groups in total. The molecular formula is C13H17ClN2O3. The Hall–Kier alpha value is -1.75. The van der Waals surface area contributed by atoms with E-state index in [0.29, 0.717) is 17.1 Å². The number of anilines is 1. The van der Waals surface area contributed by atoms with Gasteiger partial charge in [0.25, 0.3) is 0 Å². The summed E-state index contributed by atoms with van der Waals surface area (Å²) in [5.74, 6) is -0.348. The summed E-state index contributed by atoms with van der Waals surface area (Å²) >= 11 is 5.75. The van der Waals surface area contributed by atoms with E-state index in [1.165, 1.54) is 7.11 Å². The molecule has 0 aliphatic carbocycles. The SMILES string of the molecule is CCC(CC(=O)OC)NC(=O)Nc1ccc(Cl)cc1. The van der Waals surface area contributed by atoms with Crippen LogP contribution in [0.2, 0.25) is 5.02 Å². The van der Waals surface area contributed by atoms with Crippen molar-refractivity contribution in [3.63, 3.8) is 0 Å². The molecule has 0 bridgehead atoms. The van der Waals surface area contributed by atoms with Gasteiger partial charge < -0.3 is 15.4 Å². The number of carbonyl (C=O) groups is 2. The van der Waals surface area contributed by atoms with E-state index in [9.17, 15) is 9.59 Å². The predicted octanol–water partition coefficient (Wildman–Crippen LogP) is 2.80. The van der Waals surface area contributed by atoms with E-state index >= 15 is 0 Å². The van der Waals surface area contributed by atoms with Crippen LogP contribution in [0.15, 0.2) is 24.3 Å². The van der Waals surface area contributed by atoms with Gasteiger partial charge in [-0.1, -0.05) is 18.5 Å². The lowest BCUT2D eigenvalue weighted by atomic mass is 10.1. The highest BCUT2D eigenvalue weighted by Crippen LogP contribution is 2.13. The first-order valence-corrected chi connectivity index (χ1v) is 6.32. The first kappa shape index (κ1) is 15.3. The minimum absolute atomic E-state index is 0.154. The third kappa shape index (κ3) is 5.61. The van der Waals surface area contributed by atoms with E-state index in [-0.39, 0.29) is 24.5 Å². The molecule has 1 unspecified atom stereocenters. The normalized spacial score (nSPS) is 11.5. The molecule has 6 heteroatoms. The molecule has 1 atom stereocenters. The Morgan fingerprint density at radius 2 is 1.95 bits per heavy atom. The van der Waals surface area contributed by atoms with Crippen molar-refractivity contribution < 1.29 is 14.3 Å². The average molecular weight is 285 g/mol. The molecular weight excluding hydrogens is 268 g/mol. The summed E-state index contributed by atoms with van der Waals surface area (Å²) in [6, 6.07) is 6.15. The molecule has 0 saturated carbocycles. The second-order valence-corrected chi connectivity index (χ2v) is 4.43. The molecule has 5 nitrogen and oxygen atoms in total. The molecule has 0 spiro atoms. The largest absolute Gasteiger partial charge is 0.469 e. The molecule has 104 valence electrons. The van der Waals surface area contributed by atoms with Gasteiger partial charge in [-0.2, -0.15) is 0 Å². The summed E-state index contributed by atoms with van der Waals surface area (Å²) in [4.78, 5) is 22.9. The molecule has 19 heavy (non-hydrogen) atoms. The van der Waals surface area contributed by atoms with Gasteiger partial charge in [-0.05, 0) is 30.7 Å². The lowest BCUT2D eigenvalue weighted by molar-refractivity contribution is -0.141. The first-order chi connectivity index (χ1) is 9.05. The quantitative estimate of drug-likeness (QED) is 0.817. The van der Waals surface area contributed by atoms with Crippen molar-refractivity contribution in [3.8, 4) is 0 Å². The van der Waals surface area contributed by atoms with Gasteiger partial charge in [-0.15, -0.1) is 0 Å². The summed E-state index contributed by atoms with van der Waals surface area (Å²) in [6.07, 6.45) is 0.796. The van der Waals surface area contributed by atoms with Gasteiger partial charge in [0.2, 0.25) is 0 Å². The van der Waals surface area contributed by atoms with Crippen LogP contribution in [0.1, 0.15) is 19.8 Å². The number of esters is 1. The van der Waals surface area contributed by atoms with Gasteiger partial charge in [0.15, 0.2) is 0 Å².